The first-order valence-corrected chi connectivity index (χ1v) is 7.40. The molecule has 112 valence electrons. The maximum absolute atomic E-state index is 4.78. The maximum Gasteiger partial charge on any atom is 0.147 e. The van der Waals surface area contributed by atoms with Crippen molar-refractivity contribution in [3.05, 3.63) is 22.8 Å². The Balaban J connectivity index is 2.31. The summed E-state index contributed by atoms with van der Waals surface area (Å²) in [6, 6.07) is 0.295. The molecular weight excluding hydrogens is 250 g/mol. The molecule has 1 N–H and O–H groups in total. The van der Waals surface area contributed by atoms with E-state index >= 15 is 0 Å². The second kappa shape index (κ2) is 6.61. The topological polar surface area (TPSA) is 44.3 Å². The number of aryl methyl sites for hydroxylation is 2. The summed E-state index contributed by atoms with van der Waals surface area (Å²) in [6.07, 6.45) is 1.21. The number of hydrogen-bond donors (Lipinski definition) is 1. The lowest BCUT2D eigenvalue weighted by Gasteiger charge is -2.27. The molecule has 0 radical (unpaired) electrons. The molecule has 0 saturated carbocycles. The van der Waals surface area contributed by atoms with Crippen LogP contribution >= 0.6 is 0 Å². The Labute approximate surface area is 122 Å². The lowest BCUT2D eigenvalue weighted by Crippen LogP contribution is -2.32. The molecule has 0 aromatic carbocycles. The van der Waals surface area contributed by atoms with Gasteiger partial charge in [0.05, 0.1) is 6.04 Å². The molecule has 0 spiro atoms. The van der Waals surface area contributed by atoms with Gasteiger partial charge in [-0.3, -0.25) is 4.90 Å². The third-order valence-corrected chi connectivity index (χ3v) is 4.16. The van der Waals surface area contributed by atoms with Crippen molar-refractivity contribution >= 4 is 0 Å². The number of aromatic nitrogens is 2. The van der Waals surface area contributed by atoms with Crippen LogP contribution in [0.3, 0.4) is 0 Å². The Morgan fingerprint density at radius 1 is 1.15 bits per heavy atom. The Hall–Kier alpha value is -1.04. The molecule has 0 bridgehead atoms. The number of nitrogens with zero attached hydrogens (tertiary/aromatic N) is 4. The van der Waals surface area contributed by atoms with Crippen LogP contribution in [0.15, 0.2) is 0 Å². The summed E-state index contributed by atoms with van der Waals surface area (Å²) in [6.45, 7) is 8.26. The Kier molecular flexibility index (Phi) is 5.07. The predicted molar refractivity (Wildman–Crippen MR) is 81.8 cm³/mol. The summed E-state index contributed by atoms with van der Waals surface area (Å²) in [4.78, 5) is 14.3. The van der Waals surface area contributed by atoms with Gasteiger partial charge >= 0.3 is 0 Å². The van der Waals surface area contributed by atoms with Crippen LogP contribution < -0.4 is 5.32 Å². The van der Waals surface area contributed by atoms with Gasteiger partial charge in [-0.05, 0) is 54.5 Å². The van der Waals surface area contributed by atoms with Crippen molar-refractivity contribution in [3.8, 4) is 0 Å². The Morgan fingerprint density at radius 2 is 1.80 bits per heavy atom. The van der Waals surface area contributed by atoms with E-state index in [0.29, 0.717) is 6.04 Å². The van der Waals surface area contributed by atoms with Gasteiger partial charge in [0.25, 0.3) is 0 Å². The van der Waals surface area contributed by atoms with Gasteiger partial charge in [0.1, 0.15) is 5.82 Å². The monoisotopic (exact) mass is 277 g/mol. The summed E-state index contributed by atoms with van der Waals surface area (Å²) in [5.74, 6) is 0.969. The molecule has 1 aliphatic heterocycles. The van der Waals surface area contributed by atoms with E-state index in [1.165, 1.54) is 12.0 Å². The van der Waals surface area contributed by atoms with Crippen LogP contribution in [0.5, 0.6) is 0 Å². The highest BCUT2D eigenvalue weighted by atomic mass is 15.2. The molecule has 5 nitrogen and oxygen atoms in total. The minimum Gasteiger partial charge on any atom is -0.316 e. The molecule has 1 atom stereocenters. The molecule has 2 rings (SSSR count). The van der Waals surface area contributed by atoms with Crippen LogP contribution in [0.25, 0.3) is 0 Å². The third-order valence-electron chi connectivity index (χ3n) is 4.16. The van der Waals surface area contributed by atoms with Crippen LogP contribution in [0, 0.1) is 13.8 Å². The molecular formula is C15H27N5. The third kappa shape index (κ3) is 3.34. The van der Waals surface area contributed by atoms with Crippen molar-refractivity contribution in [2.75, 3.05) is 40.8 Å². The van der Waals surface area contributed by atoms with Crippen LogP contribution in [-0.2, 0) is 6.54 Å². The average molecular weight is 277 g/mol. The van der Waals surface area contributed by atoms with Gasteiger partial charge in [0.2, 0.25) is 0 Å². The van der Waals surface area contributed by atoms with Crippen molar-refractivity contribution in [3.63, 3.8) is 0 Å². The van der Waals surface area contributed by atoms with Gasteiger partial charge < -0.3 is 10.2 Å². The van der Waals surface area contributed by atoms with Crippen molar-refractivity contribution < 1.29 is 0 Å². The van der Waals surface area contributed by atoms with Gasteiger partial charge in [0.15, 0.2) is 0 Å². The zero-order valence-corrected chi connectivity index (χ0v) is 13.4. The second-order valence-electron chi connectivity index (χ2n) is 5.87. The van der Waals surface area contributed by atoms with Gasteiger partial charge in [0, 0.05) is 30.0 Å². The second-order valence-corrected chi connectivity index (χ2v) is 5.87. The lowest BCUT2D eigenvalue weighted by molar-refractivity contribution is 0.219. The van der Waals surface area contributed by atoms with Crippen LogP contribution in [-0.4, -0.2) is 60.5 Å². The Morgan fingerprint density at radius 3 is 2.40 bits per heavy atom. The molecule has 0 aliphatic carbocycles. The first-order valence-electron chi connectivity index (χ1n) is 7.40. The fourth-order valence-corrected chi connectivity index (χ4v) is 2.90. The number of rotatable bonds is 3. The standard InChI is InChI=1S/C15H27N5/c1-11-13(9-16-3)12(2)18-15(17-11)14-10-19(4)7-6-8-20(14)5/h14,16H,6-10H2,1-5H3. The van der Waals surface area contributed by atoms with Crippen molar-refractivity contribution in [2.24, 2.45) is 0 Å². The smallest absolute Gasteiger partial charge is 0.147 e. The minimum absolute atomic E-state index is 0.295. The van der Waals surface area contributed by atoms with Gasteiger partial charge in [-0.15, -0.1) is 0 Å². The van der Waals surface area contributed by atoms with Gasteiger partial charge in [-0.25, -0.2) is 9.97 Å². The largest absolute Gasteiger partial charge is 0.316 e. The van der Waals surface area contributed by atoms with E-state index in [-0.39, 0.29) is 0 Å². The summed E-state index contributed by atoms with van der Waals surface area (Å²) >= 11 is 0. The van der Waals surface area contributed by atoms with Gasteiger partial charge in [-0.1, -0.05) is 0 Å². The summed E-state index contributed by atoms with van der Waals surface area (Å²) < 4.78 is 0. The SMILES string of the molecule is CNCc1c(C)nc(C2CN(C)CCCN2C)nc1C. The highest BCUT2D eigenvalue weighted by molar-refractivity contribution is 5.25. The van der Waals surface area contributed by atoms with Crippen LogP contribution in [0.1, 0.15) is 35.2 Å². The molecule has 20 heavy (non-hydrogen) atoms. The molecule has 2 heterocycles. The van der Waals surface area contributed by atoms with Crippen molar-refractivity contribution in [2.45, 2.75) is 32.9 Å². The molecule has 1 saturated heterocycles. The minimum atomic E-state index is 0.295. The van der Waals surface area contributed by atoms with E-state index in [2.05, 4.69) is 43.1 Å². The maximum atomic E-state index is 4.78. The number of nitrogens with one attached hydrogen (secondary N) is 1. The molecule has 1 unspecified atom stereocenters. The van der Waals surface area contributed by atoms with E-state index in [9.17, 15) is 0 Å². The quantitative estimate of drug-likeness (QED) is 0.897. The highest BCUT2D eigenvalue weighted by Gasteiger charge is 2.25. The predicted octanol–water partition coefficient (Wildman–Crippen LogP) is 1.12. The normalized spacial score (nSPS) is 21.9. The van der Waals surface area contributed by atoms with E-state index < -0.39 is 0 Å². The molecule has 1 fully saturated rings. The first kappa shape index (κ1) is 15.4. The number of likely N-dealkylation sites (N-methyl/N-ethyl adjacent to an activating group) is 2. The summed E-state index contributed by atoms with van der Waals surface area (Å²) in [5.41, 5.74) is 3.42. The fourth-order valence-electron chi connectivity index (χ4n) is 2.90. The molecule has 1 aromatic heterocycles. The van der Waals surface area contributed by atoms with Crippen molar-refractivity contribution in [1.29, 1.82) is 0 Å². The summed E-state index contributed by atoms with van der Waals surface area (Å²) in [5, 5.41) is 3.19. The molecule has 5 heteroatoms. The molecule has 0 amide bonds. The Bertz CT molecular complexity index is 437. The van der Waals surface area contributed by atoms with E-state index in [4.69, 9.17) is 9.97 Å². The average Bonchev–Trinajstić information content (AvgIpc) is 2.55. The zero-order chi connectivity index (χ0) is 14.7. The highest BCUT2D eigenvalue weighted by Crippen LogP contribution is 2.22. The molecule has 1 aliphatic rings. The fraction of sp³-hybridized carbons (Fsp3) is 0.733. The van der Waals surface area contributed by atoms with E-state index in [0.717, 1.165) is 43.4 Å². The summed E-state index contributed by atoms with van der Waals surface area (Å²) in [7, 11) is 6.32. The van der Waals surface area contributed by atoms with Gasteiger partial charge in [-0.2, -0.15) is 0 Å². The molecule has 1 aromatic rings. The lowest BCUT2D eigenvalue weighted by atomic mass is 10.1. The van der Waals surface area contributed by atoms with E-state index in [1.54, 1.807) is 0 Å². The first-order chi connectivity index (χ1) is 9.52. The zero-order valence-electron chi connectivity index (χ0n) is 13.4. The number of hydrogen-bond acceptors (Lipinski definition) is 5. The van der Waals surface area contributed by atoms with Crippen LogP contribution in [0.2, 0.25) is 0 Å². The van der Waals surface area contributed by atoms with Crippen LogP contribution in [0.4, 0.5) is 0 Å². The van der Waals surface area contributed by atoms with E-state index in [1.807, 2.05) is 7.05 Å². The van der Waals surface area contributed by atoms with Crippen molar-refractivity contribution in [1.82, 2.24) is 25.1 Å².